The van der Waals surface area contributed by atoms with Gasteiger partial charge in [-0.1, -0.05) is 29.8 Å². The van der Waals surface area contributed by atoms with Crippen molar-refractivity contribution in [2.24, 2.45) is 5.73 Å². The van der Waals surface area contributed by atoms with Crippen molar-refractivity contribution >= 4 is 30.7 Å². The predicted octanol–water partition coefficient (Wildman–Crippen LogP) is 2.07. The zero-order valence-corrected chi connectivity index (χ0v) is 16.2. The lowest BCUT2D eigenvalue weighted by atomic mass is 10.0. The van der Waals surface area contributed by atoms with Crippen molar-refractivity contribution in [3.05, 3.63) is 35.4 Å². The van der Waals surface area contributed by atoms with E-state index in [0.717, 1.165) is 37.4 Å². The maximum Gasteiger partial charge on any atom is 0.241 e. The molecule has 0 radical (unpaired) electrons. The summed E-state index contributed by atoms with van der Waals surface area (Å²) in [5, 5.41) is 2.93. The lowest BCUT2D eigenvalue weighted by Gasteiger charge is -2.42. The predicted molar refractivity (Wildman–Crippen MR) is 102 cm³/mol. The quantitative estimate of drug-likeness (QED) is 0.823. The number of carbonyl (C=O) groups excluding carboxylic acids is 1. The largest absolute Gasteiger partial charge is 0.378 e. The maximum atomic E-state index is 12.2. The van der Waals surface area contributed by atoms with Crippen LogP contribution in [0, 0.1) is 6.92 Å². The highest BCUT2D eigenvalue weighted by Gasteiger charge is 2.30. The summed E-state index contributed by atoms with van der Waals surface area (Å²) in [7, 11) is 0. The molecule has 1 saturated heterocycles. The molecule has 0 bridgehead atoms. The molecule has 3 N–H and O–H groups in total. The Hall–Kier alpha value is -0.850. The van der Waals surface area contributed by atoms with Gasteiger partial charge in [0.2, 0.25) is 5.91 Å². The minimum atomic E-state index is -0.613. The number of morpholine rings is 1. The van der Waals surface area contributed by atoms with Crippen LogP contribution in [0.1, 0.15) is 31.0 Å². The van der Waals surface area contributed by atoms with E-state index in [-0.39, 0.29) is 36.3 Å². The van der Waals surface area contributed by atoms with Crippen molar-refractivity contribution in [1.29, 1.82) is 0 Å². The Morgan fingerprint density at radius 2 is 1.96 bits per heavy atom. The van der Waals surface area contributed by atoms with E-state index in [9.17, 15) is 4.79 Å². The van der Waals surface area contributed by atoms with Crippen LogP contribution in [0.2, 0.25) is 0 Å². The number of halogens is 2. The second kappa shape index (κ2) is 10.2. The van der Waals surface area contributed by atoms with Crippen molar-refractivity contribution in [3.63, 3.8) is 0 Å². The molecule has 1 fully saturated rings. The summed E-state index contributed by atoms with van der Waals surface area (Å²) in [5.74, 6) is -0.130. The normalized spacial score (nSPS) is 18.0. The van der Waals surface area contributed by atoms with E-state index in [2.05, 4.69) is 24.1 Å². The molecule has 1 aliphatic heterocycles. The number of nitrogens with one attached hydrogen (secondary N) is 1. The molecule has 1 unspecified atom stereocenters. The second-order valence-corrected chi connectivity index (χ2v) is 6.53. The molecule has 2 rings (SSSR count). The molecule has 1 heterocycles. The second-order valence-electron chi connectivity index (χ2n) is 6.53. The number of ether oxygens (including phenoxy) is 1. The van der Waals surface area contributed by atoms with Crippen LogP contribution in [-0.2, 0) is 9.53 Å². The van der Waals surface area contributed by atoms with Crippen LogP contribution in [-0.4, -0.2) is 49.2 Å². The number of amides is 1. The third-order valence-corrected chi connectivity index (χ3v) is 4.22. The smallest absolute Gasteiger partial charge is 0.241 e. The number of nitrogens with zero attached hydrogens (tertiary/aromatic N) is 1. The first-order valence-electron chi connectivity index (χ1n) is 7.83. The highest BCUT2D eigenvalue weighted by atomic mass is 35.5. The van der Waals surface area contributed by atoms with E-state index >= 15 is 0 Å². The lowest BCUT2D eigenvalue weighted by Crippen LogP contribution is -2.55. The average Bonchev–Trinajstić information content (AvgIpc) is 2.48. The highest BCUT2D eigenvalue weighted by molar-refractivity contribution is 5.85. The molecule has 0 spiro atoms. The van der Waals surface area contributed by atoms with Crippen LogP contribution in [0.15, 0.2) is 24.3 Å². The number of aryl methyl sites for hydroxylation is 1. The molecule has 0 saturated carbocycles. The number of carbonyl (C=O) groups is 1. The molecule has 24 heavy (non-hydrogen) atoms. The number of hydrogen-bond acceptors (Lipinski definition) is 4. The van der Waals surface area contributed by atoms with E-state index in [1.54, 1.807) is 0 Å². The molecule has 0 aliphatic carbocycles. The fourth-order valence-electron chi connectivity index (χ4n) is 2.65. The van der Waals surface area contributed by atoms with Gasteiger partial charge in [-0.05, 0) is 26.3 Å². The minimum absolute atomic E-state index is 0. The molecule has 138 valence electrons. The summed E-state index contributed by atoms with van der Waals surface area (Å²) in [4.78, 5) is 14.5. The SMILES string of the molecule is Cc1ccc(C(N)C(=O)NCCN2CCOCC2(C)C)cc1.Cl.Cl. The van der Waals surface area contributed by atoms with Crippen LogP contribution in [0.3, 0.4) is 0 Å². The van der Waals surface area contributed by atoms with Gasteiger partial charge in [0.25, 0.3) is 0 Å². The molecule has 0 aromatic heterocycles. The Kier molecular flexibility index (Phi) is 9.85. The van der Waals surface area contributed by atoms with Crippen LogP contribution < -0.4 is 11.1 Å². The minimum Gasteiger partial charge on any atom is -0.378 e. The van der Waals surface area contributed by atoms with Crippen LogP contribution >= 0.6 is 24.8 Å². The van der Waals surface area contributed by atoms with Gasteiger partial charge >= 0.3 is 0 Å². The first-order valence-corrected chi connectivity index (χ1v) is 7.83. The number of hydrogen-bond donors (Lipinski definition) is 2. The fraction of sp³-hybridized carbons (Fsp3) is 0.588. The molecule has 1 atom stereocenters. The van der Waals surface area contributed by atoms with Crippen molar-refractivity contribution in [1.82, 2.24) is 10.2 Å². The van der Waals surface area contributed by atoms with E-state index in [1.807, 2.05) is 31.2 Å². The summed E-state index contributed by atoms with van der Waals surface area (Å²) in [6, 6.07) is 7.14. The third-order valence-electron chi connectivity index (χ3n) is 4.22. The lowest BCUT2D eigenvalue weighted by molar-refractivity contribution is -0.122. The van der Waals surface area contributed by atoms with Gasteiger partial charge in [-0.2, -0.15) is 0 Å². The van der Waals surface area contributed by atoms with Crippen LogP contribution in [0.5, 0.6) is 0 Å². The zero-order chi connectivity index (χ0) is 16.2. The Morgan fingerprint density at radius 1 is 1.33 bits per heavy atom. The molecule has 1 aliphatic rings. The van der Waals surface area contributed by atoms with Crippen molar-refractivity contribution in [2.45, 2.75) is 32.4 Å². The molecule has 7 heteroatoms. The van der Waals surface area contributed by atoms with Gasteiger partial charge in [-0.3, -0.25) is 9.69 Å². The molecular formula is C17H29Cl2N3O2. The van der Waals surface area contributed by atoms with Gasteiger partial charge in [-0.25, -0.2) is 0 Å². The van der Waals surface area contributed by atoms with E-state index in [0.29, 0.717) is 6.54 Å². The molecule has 1 amide bonds. The van der Waals surface area contributed by atoms with E-state index in [1.165, 1.54) is 0 Å². The van der Waals surface area contributed by atoms with Crippen molar-refractivity contribution in [2.75, 3.05) is 32.8 Å². The van der Waals surface area contributed by atoms with Gasteiger partial charge in [0.1, 0.15) is 6.04 Å². The Bertz CT molecular complexity index is 509. The van der Waals surface area contributed by atoms with Crippen molar-refractivity contribution < 1.29 is 9.53 Å². The van der Waals surface area contributed by atoms with E-state index in [4.69, 9.17) is 10.5 Å². The molecule has 5 nitrogen and oxygen atoms in total. The van der Waals surface area contributed by atoms with Gasteiger partial charge in [0, 0.05) is 25.2 Å². The summed E-state index contributed by atoms with van der Waals surface area (Å²) < 4.78 is 5.50. The monoisotopic (exact) mass is 377 g/mol. The van der Waals surface area contributed by atoms with Gasteiger partial charge < -0.3 is 15.8 Å². The highest BCUT2D eigenvalue weighted by Crippen LogP contribution is 2.18. The average molecular weight is 378 g/mol. The Balaban J connectivity index is 0.00000264. The topological polar surface area (TPSA) is 67.6 Å². The van der Waals surface area contributed by atoms with Crippen LogP contribution in [0.25, 0.3) is 0 Å². The van der Waals surface area contributed by atoms with Gasteiger partial charge in [-0.15, -0.1) is 24.8 Å². The summed E-state index contributed by atoms with van der Waals surface area (Å²) in [6.45, 7) is 10.1. The fourth-order valence-corrected chi connectivity index (χ4v) is 2.65. The third kappa shape index (κ3) is 6.22. The van der Waals surface area contributed by atoms with Gasteiger partial charge in [0.15, 0.2) is 0 Å². The Morgan fingerprint density at radius 3 is 2.54 bits per heavy atom. The van der Waals surface area contributed by atoms with Crippen LogP contribution in [0.4, 0.5) is 0 Å². The number of rotatable bonds is 5. The summed E-state index contributed by atoms with van der Waals surface area (Å²) in [6.07, 6.45) is 0. The van der Waals surface area contributed by atoms with E-state index < -0.39 is 6.04 Å². The molecule has 1 aromatic rings. The Labute approximate surface area is 157 Å². The first kappa shape index (κ1) is 23.1. The summed E-state index contributed by atoms with van der Waals surface area (Å²) >= 11 is 0. The standard InChI is InChI=1S/C17H27N3O2.2ClH/c1-13-4-6-14(7-5-13)15(18)16(21)19-8-9-20-10-11-22-12-17(20,2)3;;/h4-7,15H,8-12,18H2,1-3H3,(H,19,21);2*1H. The summed E-state index contributed by atoms with van der Waals surface area (Å²) in [5.41, 5.74) is 8.03. The molecular weight excluding hydrogens is 349 g/mol. The first-order chi connectivity index (χ1) is 10.4. The maximum absolute atomic E-state index is 12.2. The number of benzene rings is 1. The number of nitrogens with two attached hydrogens (primary N) is 1. The van der Waals surface area contributed by atoms with Crippen molar-refractivity contribution in [3.8, 4) is 0 Å². The zero-order valence-electron chi connectivity index (χ0n) is 14.6. The molecule has 1 aromatic carbocycles. The van der Waals surface area contributed by atoms with Gasteiger partial charge in [0.05, 0.1) is 13.2 Å².